The molecule has 1 N–H and O–H groups in total. The van der Waals surface area contributed by atoms with Gasteiger partial charge < -0.3 is 14.1 Å². The van der Waals surface area contributed by atoms with E-state index in [1.165, 1.54) is 6.33 Å². The van der Waals surface area contributed by atoms with Crippen molar-refractivity contribution in [3.8, 4) is 0 Å². The quantitative estimate of drug-likeness (QED) is 0.858. The second-order valence-corrected chi connectivity index (χ2v) is 4.13. The van der Waals surface area contributed by atoms with Crippen LogP contribution < -0.4 is 0 Å². The van der Waals surface area contributed by atoms with Crippen LogP contribution in [0.2, 0.25) is 0 Å². The molecule has 0 aliphatic heterocycles. The number of aliphatic carboxylic acids is 1. The number of imidazole rings is 1. The summed E-state index contributed by atoms with van der Waals surface area (Å²) in [5, 5.41) is 9.35. The summed E-state index contributed by atoms with van der Waals surface area (Å²) in [6.45, 7) is 1.68. The number of carboxylic acids is 1. The summed E-state index contributed by atoms with van der Waals surface area (Å²) in [5.41, 5.74) is -0.997. The Morgan fingerprint density at radius 1 is 1.65 bits per heavy atom. The molecule has 2 rings (SSSR count). The van der Waals surface area contributed by atoms with Crippen molar-refractivity contribution in [2.75, 3.05) is 0 Å². The van der Waals surface area contributed by atoms with Crippen LogP contribution in [0.1, 0.15) is 19.1 Å². The van der Waals surface area contributed by atoms with Crippen molar-refractivity contribution >= 4 is 5.97 Å². The van der Waals surface area contributed by atoms with Crippen LogP contribution in [0.15, 0.2) is 41.5 Å². The standard InChI is InChI=1S/C12H14N2O3/c1-12(11(15)16,14-7-6-13-9-14)5-4-10-3-2-8-17-10/h2-3,6-9H,4-5H2,1H3,(H,15,16). The minimum absolute atomic E-state index is 0.451. The molecule has 17 heavy (non-hydrogen) atoms. The summed E-state index contributed by atoms with van der Waals surface area (Å²) in [7, 11) is 0. The lowest BCUT2D eigenvalue weighted by atomic mass is 9.95. The van der Waals surface area contributed by atoms with E-state index >= 15 is 0 Å². The van der Waals surface area contributed by atoms with E-state index in [-0.39, 0.29) is 0 Å². The lowest BCUT2D eigenvalue weighted by Crippen LogP contribution is -2.38. The van der Waals surface area contributed by atoms with Crippen molar-refractivity contribution in [2.45, 2.75) is 25.3 Å². The van der Waals surface area contributed by atoms with E-state index in [9.17, 15) is 9.90 Å². The van der Waals surface area contributed by atoms with E-state index in [0.717, 1.165) is 5.76 Å². The van der Waals surface area contributed by atoms with Gasteiger partial charge in [0, 0.05) is 18.8 Å². The third-order valence-corrected chi connectivity index (χ3v) is 2.97. The molecule has 2 heterocycles. The molecular weight excluding hydrogens is 220 g/mol. The lowest BCUT2D eigenvalue weighted by molar-refractivity contribution is -0.147. The highest BCUT2D eigenvalue weighted by atomic mass is 16.4. The molecule has 0 saturated carbocycles. The number of nitrogens with zero attached hydrogens (tertiary/aromatic N) is 2. The average molecular weight is 234 g/mol. The van der Waals surface area contributed by atoms with Gasteiger partial charge >= 0.3 is 5.97 Å². The fourth-order valence-corrected chi connectivity index (χ4v) is 1.72. The first-order chi connectivity index (χ1) is 8.13. The smallest absolute Gasteiger partial charge is 0.329 e. The number of aromatic nitrogens is 2. The molecule has 0 aromatic carbocycles. The highest BCUT2D eigenvalue weighted by molar-refractivity contribution is 5.76. The van der Waals surface area contributed by atoms with E-state index in [2.05, 4.69) is 4.98 Å². The van der Waals surface area contributed by atoms with Gasteiger partial charge in [-0.3, -0.25) is 0 Å². The van der Waals surface area contributed by atoms with Crippen LogP contribution in [0, 0.1) is 0 Å². The molecule has 5 nitrogen and oxygen atoms in total. The molecule has 5 heteroatoms. The first-order valence-corrected chi connectivity index (χ1v) is 5.37. The number of aryl methyl sites for hydroxylation is 1. The van der Waals surface area contributed by atoms with Crippen molar-refractivity contribution in [3.63, 3.8) is 0 Å². The summed E-state index contributed by atoms with van der Waals surface area (Å²) in [6, 6.07) is 3.64. The first-order valence-electron chi connectivity index (χ1n) is 5.37. The minimum atomic E-state index is -0.997. The number of rotatable bonds is 5. The maximum atomic E-state index is 11.4. The molecule has 0 amide bonds. The van der Waals surface area contributed by atoms with Gasteiger partial charge in [-0.1, -0.05) is 0 Å². The van der Waals surface area contributed by atoms with Crippen LogP contribution in [-0.4, -0.2) is 20.6 Å². The molecule has 0 saturated heterocycles. The second-order valence-electron chi connectivity index (χ2n) is 4.13. The summed E-state index contributed by atoms with van der Waals surface area (Å²) < 4.78 is 6.82. The maximum absolute atomic E-state index is 11.4. The van der Waals surface area contributed by atoms with Crippen LogP contribution in [0.4, 0.5) is 0 Å². The van der Waals surface area contributed by atoms with Crippen LogP contribution in [0.5, 0.6) is 0 Å². The number of furan rings is 1. The third kappa shape index (κ3) is 2.22. The monoisotopic (exact) mass is 234 g/mol. The highest BCUT2D eigenvalue weighted by Crippen LogP contribution is 2.23. The zero-order valence-corrected chi connectivity index (χ0v) is 9.54. The Kier molecular flexibility index (Phi) is 2.99. The van der Waals surface area contributed by atoms with Gasteiger partial charge in [-0.05, 0) is 25.5 Å². The number of hydrogen-bond acceptors (Lipinski definition) is 3. The zero-order valence-electron chi connectivity index (χ0n) is 9.54. The first kappa shape index (κ1) is 11.4. The number of carboxylic acid groups (broad SMARTS) is 1. The molecule has 1 unspecified atom stereocenters. The predicted octanol–water partition coefficient (Wildman–Crippen LogP) is 1.91. The van der Waals surface area contributed by atoms with E-state index in [0.29, 0.717) is 12.8 Å². The van der Waals surface area contributed by atoms with Gasteiger partial charge in [-0.15, -0.1) is 0 Å². The van der Waals surface area contributed by atoms with Gasteiger partial charge in [0.05, 0.1) is 12.6 Å². The van der Waals surface area contributed by atoms with Crippen LogP contribution in [0.25, 0.3) is 0 Å². The van der Waals surface area contributed by atoms with Crippen molar-refractivity contribution in [1.82, 2.24) is 9.55 Å². The molecule has 0 fully saturated rings. The Hall–Kier alpha value is -2.04. The van der Waals surface area contributed by atoms with Crippen LogP contribution in [-0.2, 0) is 16.8 Å². The Balaban J connectivity index is 2.15. The fraction of sp³-hybridized carbons (Fsp3) is 0.333. The van der Waals surface area contributed by atoms with E-state index < -0.39 is 11.5 Å². The molecule has 90 valence electrons. The van der Waals surface area contributed by atoms with Gasteiger partial charge in [0.1, 0.15) is 11.3 Å². The molecule has 2 aromatic rings. The molecule has 0 spiro atoms. The van der Waals surface area contributed by atoms with Crippen LogP contribution in [0.3, 0.4) is 0 Å². The topological polar surface area (TPSA) is 68.3 Å². The SMILES string of the molecule is CC(CCc1ccco1)(C(=O)O)n1ccnc1. The molecule has 0 aliphatic rings. The van der Waals surface area contributed by atoms with Crippen molar-refractivity contribution in [2.24, 2.45) is 0 Å². The third-order valence-electron chi connectivity index (χ3n) is 2.97. The fourth-order valence-electron chi connectivity index (χ4n) is 1.72. The molecule has 1 atom stereocenters. The van der Waals surface area contributed by atoms with E-state index in [4.69, 9.17) is 4.42 Å². The van der Waals surface area contributed by atoms with Gasteiger partial charge in [0.2, 0.25) is 0 Å². The Morgan fingerprint density at radius 3 is 3.00 bits per heavy atom. The van der Waals surface area contributed by atoms with Crippen LogP contribution >= 0.6 is 0 Å². The normalized spacial score (nSPS) is 14.4. The molecule has 0 radical (unpaired) electrons. The lowest BCUT2D eigenvalue weighted by Gasteiger charge is -2.25. The molecule has 0 aliphatic carbocycles. The molecular formula is C12H14N2O3. The van der Waals surface area contributed by atoms with Crippen molar-refractivity contribution < 1.29 is 14.3 Å². The number of hydrogen-bond donors (Lipinski definition) is 1. The highest BCUT2D eigenvalue weighted by Gasteiger charge is 2.34. The minimum Gasteiger partial charge on any atom is -0.479 e. The second kappa shape index (κ2) is 4.45. The van der Waals surface area contributed by atoms with Gasteiger partial charge in [0.15, 0.2) is 0 Å². The van der Waals surface area contributed by atoms with E-state index in [1.807, 2.05) is 6.07 Å². The Bertz CT molecular complexity index is 476. The zero-order chi connectivity index (χ0) is 12.3. The van der Waals surface area contributed by atoms with Gasteiger partial charge in [-0.25, -0.2) is 9.78 Å². The Labute approximate surface area is 98.7 Å². The summed E-state index contributed by atoms with van der Waals surface area (Å²) in [5.74, 6) is -0.0837. The summed E-state index contributed by atoms with van der Waals surface area (Å²) in [4.78, 5) is 15.3. The van der Waals surface area contributed by atoms with Crippen molar-refractivity contribution in [3.05, 3.63) is 42.9 Å². The number of carbonyl (C=O) groups is 1. The summed E-state index contributed by atoms with van der Waals surface area (Å²) >= 11 is 0. The van der Waals surface area contributed by atoms with Gasteiger partial charge in [-0.2, -0.15) is 0 Å². The van der Waals surface area contributed by atoms with Crippen molar-refractivity contribution in [1.29, 1.82) is 0 Å². The van der Waals surface area contributed by atoms with Gasteiger partial charge in [0.25, 0.3) is 0 Å². The summed E-state index contributed by atoms with van der Waals surface area (Å²) in [6.07, 6.45) is 7.38. The molecule has 0 bridgehead atoms. The Morgan fingerprint density at radius 2 is 2.47 bits per heavy atom. The maximum Gasteiger partial charge on any atom is 0.329 e. The molecule has 2 aromatic heterocycles. The predicted molar refractivity (Wildman–Crippen MR) is 60.5 cm³/mol. The average Bonchev–Trinajstić information content (AvgIpc) is 2.98. The largest absolute Gasteiger partial charge is 0.479 e. The van der Waals surface area contributed by atoms with E-state index in [1.54, 1.807) is 36.2 Å².